The number of pyridine rings is 1. The molecule has 7 heteroatoms. The lowest BCUT2D eigenvalue weighted by molar-refractivity contribution is 0.251. The minimum absolute atomic E-state index is 0.479. The molecule has 2 aromatic rings. The Morgan fingerprint density at radius 3 is 3.10 bits per heavy atom. The van der Waals surface area contributed by atoms with Crippen molar-refractivity contribution in [3.05, 3.63) is 22.9 Å². The van der Waals surface area contributed by atoms with Gasteiger partial charge in [-0.3, -0.25) is 4.57 Å². The number of fused-ring (bicyclic) bond motifs is 1. The lowest BCUT2D eigenvalue weighted by atomic mass is 10.0. The summed E-state index contributed by atoms with van der Waals surface area (Å²) in [6.45, 7) is 1.94. The van der Waals surface area contributed by atoms with Crippen molar-refractivity contribution in [2.75, 3.05) is 25.0 Å². The van der Waals surface area contributed by atoms with Gasteiger partial charge in [-0.15, -0.1) is 0 Å². The van der Waals surface area contributed by atoms with Crippen molar-refractivity contribution in [1.29, 1.82) is 0 Å². The molecule has 1 amide bonds. The summed E-state index contributed by atoms with van der Waals surface area (Å²) in [4.78, 5) is 18.1. The van der Waals surface area contributed by atoms with Crippen LogP contribution in [0.15, 0.2) is 22.9 Å². The predicted molar refractivity (Wildman–Crippen MR) is 86.7 cm³/mol. The lowest BCUT2D eigenvalue weighted by Crippen LogP contribution is -2.44. The summed E-state index contributed by atoms with van der Waals surface area (Å²) in [7, 11) is 1.99. The number of piperidine rings is 1. The molecule has 21 heavy (non-hydrogen) atoms. The first-order valence-electron chi connectivity index (χ1n) is 6.99. The average molecular weight is 352 g/mol. The zero-order valence-electron chi connectivity index (χ0n) is 11.8. The molecule has 3 rings (SSSR count). The Morgan fingerprint density at radius 1 is 1.57 bits per heavy atom. The number of aromatic nitrogens is 2. The molecule has 0 unspecified atom stereocenters. The van der Waals surface area contributed by atoms with E-state index in [2.05, 4.69) is 31.1 Å². The maximum Gasteiger partial charge on any atom is 0.324 e. The van der Waals surface area contributed by atoms with Crippen LogP contribution in [0.25, 0.3) is 11.0 Å². The number of hydrogen-bond donors (Lipinski definition) is 2. The SMILES string of the molecule is CN[C@@H]1CCCN(c2c(Br)cnc3c2ccn3C(N)=O)C1. The molecule has 0 aliphatic carbocycles. The van der Waals surface area contributed by atoms with E-state index in [9.17, 15) is 4.79 Å². The van der Waals surface area contributed by atoms with E-state index in [4.69, 9.17) is 5.73 Å². The van der Waals surface area contributed by atoms with Crippen molar-refractivity contribution >= 4 is 38.7 Å². The highest BCUT2D eigenvalue weighted by atomic mass is 79.9. The van der Waals surface area contributed by atoms with Crippen LogP contribution >= 0.6 is 15.9 Å². The van der Waals surface area contributed by atoms with Gasteiger partial charge >= 0.3 is 6.03 Å². The Kier molecular flexibility index (Phi) is 3.86. The monoisotopic (exact) mass is 351 g/mol. The maximum absolute atomic E-state index is 11.5. The first-order chi connectivity index (χ1) is 10.1. The van der Waals surface area contributed by atoms with E-state index in [0.29, 0.717) is 11.7 Å². The fourth-order valence-corrected chi connectivity index (χ4v) is 3.53. The number of carbonyl (C=O) groups excluding carboxylic acids is 1. The van der Waals surface area contributed by atoms with Crippen LogP contribution in [0.3, 0.4) is 0 Å². The predicted octanol–water partition coefficient (Wildman–Crippen LogP) is 1.91. The number of likely N-dealkylation sites (N-methyl/N-ethyl adjacent to an activating group) is 1. The molecular weight excluding hydrogens is 334 g/mol. The number of amides is 1. The molecule has 3 heterocycles. The van der Waals surface area contributed by atoms with E-state index in [1.807, 2.05) is 13.1 Å². The van der Waals surface area contributed by atoms with E-state index in [0.717, 1.165) is 35.1 Å². The Balaban J connectivity index is 2.08. The van der Waals surface area contributed by atoms with Gasteiger partial charge in [0, 0.05) is 36.9 Å². The molecular formula is C14H18BrN5O. The summed E-state index contributed by atoms with van der Waals surface area (Å²) in [5.41, 5.74) is 7.07. The topological polar surface area (TPSA) is 76.2 Å². The zero-order chi connectivity index (χ0) is 15.0. The Bertz CT molecular complexity index is 683. The number of primary amides is 1. The molecule has 0 spiro atoms. The third-order valence-corrected chi connectivity index (χ3v) is 4.60. The van der Waals surface area contributed by atoms with Gasteiger partial charge in [0.15, 0.2) is 0 Å². The largest absolute Gasteiger partial charge is 0.368 e. The minimum Gasteiger partial charge on any atom is -0.368 e. The number of halogens is 1. The molecule has 6 nitrogen and oxygen atoms in total. The fourth-order valence-electron chi connectivity index (χ4n) is 2.96. The quantitative estimate of drug-likeness (QED) is 0.866. The molecule has 1 saturated heterocycles. The molecule has 1 fully saturated rings. The molecule has 0 saturated carbocycles. The average Bonchev–Trinajstić information content (AvgIpc) is 2.91. The van der Waals surface area contributed by atoms with Crippen molar-refractivity contribution in [2.24, 2.45) is 5.73 Å². The van der Waals surface area contributed by atoms with Crippen molar-refractivity contribution < 1.29 is 4.79 Å². The first kappa shape index (κ1) is 14.3. The van der Waals surface area contributed by atoms with Gasteiger partial charge in [-0.2, -0.15) is 0 Å². The van der Waals surface area contributed by atoms with Crippen LogP contribution in [-0.4, -0.2) is 41.8 Å². The zero-order valence-corrected chi connectivity index (χ0v) is 13.4. The van der Waals surface area contributed by atoms with Gasteiger partial charge in [0.05, 0.1) is 10.2 Å². The molecule has 1 atom stereocenters. The van der Waals surface area contributed by atoms with Crippen LogP contribution in [0.5, 0.6) is 0 Å². The second kappa shape index (κ2) is 5.65. The van der Waals surface area contributed by atoms with Crippen LogP contribution in [0.4, 0.5) is 10.5 Å². The molecule has 1 aliphatic rings. The van der Waals surface area contributed by atoms with Crippen molar-refractivity contribution in [2.45, 2.75) is 18.9 Å². The highest BCUT2D eigenvalue weighted by Crippen LogP contribution is 2.35. The van der Waals surface area contributed by atoms with Crippen molar-refractivity contribution in [3.8, 4) is 0 Å². The number of nitrogens with two attached hydrogens (primary N) is 1. The van der Waals surface area contributed by atoms with Gasteiger partial charge in [0.25, 0.3) is 0 Å². The van der Waals surface area contributed by atoms with Crippen LogP contribution < -0.4 is 16.0 Å². The highest BCUT2D eigenvalue weighted by Gasteiger charge is 2.23. The van der Waals surface area contributed by atoms with E-state index < -0.39 is 6.03 Å². The third-order valence-electron chi connectivity index (χ3n) is 4.02. The smallest absolute Gasteiger partial charge is 0.324 e. The standard InChI is InChI=1S/C14H18BrN5O/c1-17-9-3-2-5-19(8-9)12-10-4-6-20(14(16)21)13(10)18-7-11(12)15/h4,6-7,9,17H,2-3,5,8H2,1H3,(H2,16,21)/t9-/m1/s1. The Hall–Kier alpha value is -1.60. The Morgan fingerprint density at radius 2 is 2.38 bits per heavy atom. The molecule has 1 aliphatic heterocycles. The van der Waals surface area contributed by atoms with Gasteiger partial charge < -0.3 is 16.0 Å². The summed E-state index contributed by atoms with van der Waals surface area (Å²) in [5, 5.41) is 4.29. The van der Waals surface area contributed by atoms with E-state index in [-0.39, 0.29) is 0 Å². The van der Waals surface area contributed by atoms with Gasteiger partial charge in [-0.05, 0) is 41.9 Å². The molecule has 2 aromatic heterocycles. The third kappa shape index (κ3) is 2.51. The molecule has 0 radical (unpaired) electrons. The summed E-state index contributed by atoms with van der Waals surface area (Å²) < 4.78 is 2.32. The number of carbonyl (C=O) groups is 1. The van der Waals surface area contributed by atoms with Gasteiger partial charge in [0.2, 0.25) is 0 Å². The van der Waals surface area contributed by atoms with Crippen LogP contribution in [-0.2, 0) is 0 Å². The van der Waals surface area contributed by atoms with E-state index in [1.54, 1.807) is 12.4 Å². The number of nitrogens with zero attached hydrogens (tertiary/aromatic N) is 3. The summed E-state index contributed by atoms with van der Waals surface area (Å²) >= 11 is 3.59. The number of hydrogen-bond acceptors (Lipinski definition) is 4. The van der Waals surface area contributed by atoms with E-state index >= 15 is 0 Å². The summed E-state index contributed by atoms with van der Waals surface area (Å²) in [5.74, 6) is 0. The maximum atomic E-state index is 11.5. The van der Waals surface area contributed by atoms with Crippen LogP contribution in [0.2, 0.25) is 0 Å². The summed E-state index contributed by atoms with van der Waals surface area (Å²) in [6, 6.07) is 1.86. The van der Waals surface area contributed by atoms with Crippen molar-refractivity contribution in [3.63, 3.8) is 0 Å². The molecule has 112 valence electrons. The Labute approximate surface area is 131 Å². The van der Waals surface area contributed by atoms with Crippen molar-refractivity contribution in [1.82, 2.24) is 14.9 Å². The van der Waals surface area contributed by atoms with Crippen LogP contribution in [0, 0.1) is 0 Å². The number of rotatable bonds is 2. The second-order valence-electron chi connectivity index (χ2n) is 5.29. The lowest BCUT2D eigenvalue weighted by Gasteiger charge is -2.35. The highest BCUT2D eigenvalue weighted by molar-refractivity contribution is 9.10. The normalized spacial score (nSPS) is 19.1. The van der Waals surface area contributed by atoms with Gasteiger partial charge in [-0.1, -0.05) is 0 Å². The first-order valence-corrected chi connectivity index (χ1v) is 7.78. The molecule has 0 aromatic carbocycles. The van der Waals surface area contributed by atoms with Gasteiger partial charge in [0.1, 0.15) is 5.65 Å². The number of anilines is 1. The van der Waals surface area contributed by atoms with Gasteiger partial charge in [-0.25, -0.2) is 9.78 Å². The second-order valence-corrected chi connectivity index (χ2v) is 6.14. The molecule has 0 bridgehead atoms. The van der Waals surface area contributed by atoms with E-state index in [1.165, 1.54) is 11.0 Å². The summed E-state index contributed by atoms with van der Waals surface area (Å²) in [6.07, 6.45) is 5.73. The van der Waals surface area contributed by atoms with Crippen LogP contribution in [0.1, 0.15) is 12.8 Å². The number of nitrogens with one attached hydrogen (secondary N) is 1. The minimum atomic E-state index is -0.516. The molecule has 3 N–H and O–H groups in total. The fraction of sp³-hybridized carbons (Fsp3) is 0.429.